The van der Waals surface area contributed by atoms with E-state index in [1.165, 1.54) is 24.3 Å². The summed E-state index contributed by atoms with van der Waals surface area (Å²) in [5.41, 5.74) is 6.23. The van der Waals surface area contributed by atoms with Crippen LogP contribution in [0.5, 0.6) is 5.75 Å². The van der Waals surface area contributed by atoms with Crippen molar-refractivity contribution in [3.8, 4) is 5.75 Å². The lowest BCUT2D eigenvalue weighted by atomic mass is 10.0. The first kappa shape index (κ1) is 18.4. The van der Waals surface area contributed by atoms with E-state index in [9.17, 15) is 14.0 Å². The van der Waals surface area contributed by atoms with Gasteiger partial charge in [-0.2, -0.15) is 0 Å². The number of carbonyl (C=O) groups is 2. The molecule has 0 aliphatic heterocycles. The van der Waals surface area contributed by atoms with Gasteiger partial charge in [-0.15, -0.1) is 0 Å². The van der Waals surface area contributed by atoms with Crippen LogP contribution in [0.15, 0.2) is 42.5 Å². The van der Waals surface area contributed by atoms with Gasteiger partial charge in [0.25, 0.3) is 11.8 Å². The highest BCUT2D eigenvalue weighted by Gasteiger charge is 2.12. The SMILES string of the molecule is Cc1ccc(C(C)C)cc1OCC(=O)NNC(=O)c1ccccc1F. The van der Waals surface area contributed by atoms with Crippen molar-refractivity contribution < 1.29 is 18.7 Å². The van der Waals surface area contributed by atoms with Gasteiger partial charge in [0.15, 0.2) is 6.61 Å². The lowest BCUT2D eigenvalue weighted by molar-refractivity contribution is -0.123. The smallest absolute Gasteiger partial charge is 0.276 e. The first-order valence-corrected chi connectivity index (χ1v) is 7.95. The molecule has 0 aromatic heterocycles. The third-order valence-electron chi connectivity index (χ3n) is 3.67. The zero-order valence-corrected chi connectivity index (χ0v) is 14.4. The molecule has 5 nitrogen and oxygen atoms in total. The Morgan fingerprint density at radius 1 is 1.12 bits per heavy atom. The van der Waals surface area contributed by atoms with E-state index in [1.807, 2.05) is 25.1 Å². The van der Waals surface area contributed by atoms with Crippen LogP contribution in [-0.2, 0) is 4.79 Å². The fourth-order valence-corrected chi connectivity index (χ4v) is 2.15. The van der Waals surface area contributed by atoms with Gasteiger partial charge in [0.1, 0.15) is 11.6 Å². The fraction of sp³-hybridized carbons (Fsp3) is 0.263. The van der Waals surface area contributed by atoms with Crippen LogP contribution in [0, 0.1) is 12.7 Å². The molecule has 0 unspecified atom stereocenters. The van der Waals surface area contributed by atoms with E-state index in [-0.39, 0.29) is 12.2 Å². The van der Waals surface area contributed by atoms with Crippen LogP contribution in [0.4, 0.5) is 4.39 Å². The summed E-state index contributed by atoms with van der Waals surface area (Å²) in [6.45, 7) is 5.76. The van der Waals surface area contributed by atoms with E-state index < -0.39 is 17.6 Å². The Kier molecular flexibility index (Phi) is 6.11. The van der Waals surface area contributed by atoms with Gasteiger partial charge in [0.2, 0.25) is 0 Å². The molecule has 0 radical (unpaired) electrons. The summed E-state index contributed by atoms with van der Waals surface area (Å²) in [6.07, 6.45) is 0. The van der Waals surface area contributed by atoms with Crippen LogP contribution in [0.1, 0.15) is 41.3 Å². The number of carbonyl (C=O) groups excluding carboxylic acids is 2. The normalized spacial score (nSPS) is 10.4. The molecule has 0 saturated heterocycles. The summed E-state index contributed by atoms with van der Waals surface area (Å²) < 4.78 is 19.0. The second-order valence-corrected chi connectivity index (χ2v) is 5.95. The number of hydrogen-bond donors (Lipinski definition) is 2. The Morgan fingerprint density at radius 2 is 1.84 bits per heavy atom. The molecule has 2 aromatic rings. The Morgan fingerprint density at radius 3 is 2.52 bits per heavy atom. The molecular weight excluding hydrogens is 323 g/mol. The number of hydrogen-bond acceptors (Lipinski definition) is 3. The number of hydrazine groups is 1. The quantitative estimate of drug-likeness (QED) is 0.819. The number of aryl methyl sites for hydroxylation is 1. The number of amides is 2. The maximum atomic E-state index is 13.5. The number of ether oxygens (including phenoxy) is 1. The van der Waals surface area contributed by atoms with Crippen LogP contribution >= 0.6 is 0 Å². The number of nitrogens with one attached hydrogen (secondary N) is 2. The van der Waals surface area contributed by atoms with Crippen molar-refractivity contribution in [2.75, 3.05) is 6.61 Å². The predicted molar refractivity (Wildman–Crippen MR) is 92.8 cm³/mol. The molecule has 25 heavy (non-hydrogen) atoms. The van der Waals surface area contributed by atoms with Crippen molar-refractivity contribution in [3.05, 3.63) is 65.0 Å². The first-order chi connectivity index (χ1) is 11.9. The first-order valence-electron chi connectivity index (χ1n) is 7.95. The minimum Gasteiger partial charge on any atom is -0.483 e. The molecule has 0 heterocycles. The summed E-state index contributed by atoms with van der Waals surface area (Å²) in [4.78, 5) is 23.6. The van der Waals surface area contributed by atoms with Crippen LogP contribution in [0.3, 0.4) is 0 Å². The van der Waals surface area contributed by atoms with E-state index in [1.54, 1.807) is 0 Å². The molecular formula is C19H21FN2O3. The van der Waals surface area contributed by atoms with Crippen LogP contribution in [0.25, 0.3) is 0 Å². The van der Waals surface area contributed by atoms with E-state index in [0.717, 1.165) is 11.1 Å². The van der Waals surface area contributed by atoms with Crippen molar-refractivity contribution >= 4 is 11.8 Å². The van der Waals surface area contributed by atoms with Gasteiger partial charge in [0, 0.05) is 0 Å². The van der Waals surface area contributed by atoms with Gasteiger partial charge in [0.05, 0.1) is 5.56 Å². The molecule has 0 fully saturated rings. The Hall–Kier alpha value is -2.89. The highest BCUT2D eigenvalue weighted by molar-refractivity contribution is 5.95. The highest BCUT2D eigenvalue weighted by atomic mass is 19.1. The van der Waals surface area contributed by atoms with Gasteiger partial charge in [-0.05, 0) is 42.2 Å². The third-order valence-corrected chi connectivity index (χ3v) is 3.67. The summed E-state index contributed by atoms with van der Waals surface area (Å²) in [5, 5.41) is 0. The lowest BCUT2D eigenvalue weighted by Crippen LogP contribution is -2.44. The van der Waals surface area contributed by atoms with E-state index >= 15 is 0 Å². The van der Waals surface area contributed by atoms with E-state index in [2.05, 4.69) is 24.7 Å². The average molecular weight is 344 g/mol. The molecule has 0 saturated carbocycles. The zero-order valence-electron chi connectivity index (χ0n) is 14.4. The van der Waals surface area contributed by atoms with Gasteiger partial charge in [-0.25, -0.2) is 4.39 Å². The molecule has 132 valence electrons. The minimum atomic E-state index is -0.732. The van der Waals surface area contributed by atoms with Crippen LogP contribution in [-0.4, -0.2) is 18.4 Å². The number of rotatable bonds is 5. The number of halogens is 1. The zero-order chi connectivity index (χ0) is 18.4. The fourth-order valence-electron chi connectivity index (χ4n) is 2.15. The average Bonchev–Trinajstić information content (AvgIpc) is 2.59. The monoisotopic (exact) mass is 344 g/mol. The second kappa shape index (κ2) is 8.28. The van der Waals surface area contributed by atoms with Gasteiger partial charge < -0.3 is 4.74 Å². The molecule has 0 spiro atoms. The summed E-state index contributed by atoms with van der Waals surface area (Å²) in [6, 6.07) is 11.4. The Labute approximate surface area is 146 Å². The molecule has 0 atom stereocenters. The second-order valence-electron chi connectivity index (χ2n) is 5.95. The maximum Gasteiger partial charge on any atom is 0.276 e. The summed E-state index contributed by atoms with van der Waals surface area (Å²) >= 11 is 0. The highest BCUT2D eigenvalue weighted by Crippen LogP contribution is 2.24. The predicted octanol–water partition coefficient (Wildman–Crippen LogP) is 3.10. The molecule has 6 heteroatoms. The third kappa shape index (κ3) is 5.04. The van der Waals surface area contributed by atoms with Crippen molar-refractivity contribution in [1.29, 1.82) is 0 Å². The van der Waals surface area contributed by atoms with Crippen molar-refractivity contribution in [2.24, 2.45) is 0 Å². The minimum absolute atomic E-state index is 0.149. The Bertz CT molecular complexity index is 775. The van der Waals surface area contributed by atoms with Crippen LogP contribution < -0.4 is 15.6 Å². The number of benzene rings is 2. The Balaban J connectivity index is 1.88. The summed E-state index contributed by atoms with van der Waals surface area (Å²) in [5.74, 6) is -0.978. The maximum absolute atomic E-state index is 13.5. The molecule has 0 aliphatic rings. The van der Waals surface area contributed by atoms with E-state index in [0.29, 0.717) is 11.7 Å². The van der Waals surface area contributed by atoms with Gasteiger partial charge in [-0.3, -0.25) is 20.4 Å². The molecule has 2 N–H and O–H groups in total. The van der Waals surface area contributed by atoms with Crippen molar-refractivity contribution in [3.63, 3.8) is 0 Å². The van der Waals surface area contributed by atoms with Gasteiger partial charge >= 0.3 is 0 Å². The molecule has 0 bridgehead atoms. The summed E-state index contributed by atoms with van der Waals surface area (Å²) in [7, 11) is 0. The van der Waals surface area contributed by atoms with Gasteiger partial charge in [-0.1, -0.05) is 38.1 Å². The van der Waals surface area contributed by atoms with E-state index in [4.69, 9.17) is 4.74 Å². The molecule has 2 amide bonds. The topological polar surface area (TPSA) is 67.4 Å². The van der Waals surface area contributed by atoms with Crippen molar-refractivity contribution in [2.45, 2.75) is 26.7 Å². The largest absolute Gasteiger partial charge is 0.483 e. The van der Waals surface area contributed by atoms with Crippen molar-refractivity contribution in [1.82, 2.24) is 10.9 Å². The molecule has 2 aromatic carbocycles. The molecule has 0 aliphatic carbocycles. The lowest BCUT2D eigenvalue weighted by Gasteiger charge is -2.13. The standard InChI is InChI=1S/C19H21FN2O3/c1-12(2)14-9-8-13(3)17(10-14)25-11-18(23)21-22-19(24)15-6-4-5-7-16(15)20/h4-10,12H,11H2,1-3H3,(H,21,23)(H,22,24). The molecule has 2 rings (SSSR count). The van der Waals surface area contributed by atoms with Crippen LogP contribution in [0.2, 0.25) is 0 Å².